The maximum absolute atomic E-state index is 12.3. The lowest BCUT2D eigenvalue weighted by Gasteiger charge is -2.21. The molecular weight excluding hydrogens is 288 g/mol. The molecule has 0 aromatic heterocycles. The lowest BCUT2D eigenvalue weighted by atomic mass is 10.2. The quantitative estimate of drug-likeness (QED) is 0.897. The number of carbonyl (C=O) groups excluding carboxylic acids is 1. The first-order chi connectivity index (χ1) is 9.94. The highest BCUT2D eigenvalue weighted by Crippen LogP contribution is 2.13. The van der Waals surface area contributed by atoms with Crippen LogP contribution < -0.4 is 4.72 Å². The molecule has 1 amide bonds. The molecule has 1 saturated heterocycles. The predicted molar refractivity (Wildman–Crippen MR) is 81.4 cm³/mol. The van der Waals surface area contributed by atoms with Crippen LogP contribution in [-0.2, 0) is 21.2 Å². The van der Waals surface area contributed by atoms with Crippen LogP contribution in [0.5, 0.6) is 0 Å². The predicted octanol–water partition coefficient (Wildman–Crippen LogP) is 1.54. The summed E-state index contributed by atoms with van der Waals surface area (Å²) < 4.78 is 27.0. The molecule has 1 aliphatic heterocycles. The van der Waals surface area contributed by atoms with Gasteiger partial charge in [-0.1, -0.05) is 19.1 Å². The van der Waals surface area contributed by atoms with E-state index in [1.807, 2.05) is 6.92 Å². The molecular formula is C15H22N2O3S. The van der Waals surface area contributed by atoms with Crippen molar-refractivity contribution in [2.75, 3.05) is 13.1 Å². The van der Waals surface area contributed by atoms with Crippen LogP contribution in [0, 0.1) is 0 Å². The average molecular weight is 310 g/mol. The van der Waals surface area contributed by atoms with Crippen LogP contribution in [0.25, 0.3) is 0 Å². The van der Waals surface area contributed by atoms with Crippen molar-refractivity contribution in [1.29, 1.82) is 0 Å². The number of nitrogens with one attached hydrogen (secondary N) is 1. The fraction of sp³-hybridized carbons (Fsp3) is 0.533. The first-order valence-electron chi connectivity index (χ1n) is 7.34. The fourth-order valence-electron chi connectivity index (χ4n) is 2.47. The van der Waals surface area contributed by atoms with Crippen LogP contribution in [0.15, 0.2) is 29.2 Å². The first kappa shape index (κ1) is 16.0. The van der Waals surface area contributed by atoms with Crippen LogP contribution in [0.4, 0.5) is 0 Å². The molecule has 0 saturated carbocycles. The Kier molecular flexibility index (Phi) is 5.00. The van der Waals surface area contributed by atoms with Gasteiger partial charge < -0.3 is 4.90 Å². The zero-order chi connectivity index (χ0) is 15.5. The van der Waals surface area contributed by atoms with Gasteiger partial charge in [-0.3, -0.25) is 4.79 Å². The molecule has 1 atom stereocenters. The van der Waals surface area contributed by atoms with Gasteiger partial charge in [0.2, 0.25) is 15.9 Å². The van der Waals surface area contributed by atoms with Gasteiger partial charge in [0.1, 0.15) is 0 Å². The summed E-state index contributed by atoms with van der Waals surface area (Å²) in [5.74, 6) is -0.152. The summed E-state index contributed by atoms with van der Waals surface area (Å²) in [7, 11) is -3.66. The zero-order valence-electron chi connectivity index (χ0n) is 12.5. The Bertz CT molecular complexity index is 590. The van der Waals surface area contributed by atoms with Crippen LogP contribution in [-0.4, -0.2) is 38.4 Å². The zero-order valence-corrected chi connectivity index (χ0v) is 13.3. The SMILES string of the molecule is CCc1ccc(S(=O)(=O)NC(C)C(=O)N2CCCC2)cc1. The van der Waals surface area contributed by atoms with E-state index in [4.69, 9.17) is 0 Å². The van der Waals surface area contributed by atoms with Crippen LogP contribution in [0.2, 0.25) is 0 Å². The molecule has 1 N–H and O–H groups in total. The van der Waals surface area contributed by atoms with E-state index in [0.717, 1.165) is 37.9 Å². The third-order valence-corrected chi connectivity index (χ3v) is 5.32. The van der Waals surface area contributed by atoms with Gasteiger partial charge in [0, 0.05) is 13.1 Å². The minimum Gasteiger partial charge on any atom is -0.341 e. The molecule has 0 aliphatic carbocycles. The van der Waals surface area contributed by atoms with Crippen molar-refractivity contribution >= 4 is 15.9 Å². The monoisotopic (exact) mass is 310 g/mol. The maximum atomic E-state index is 12.3. The van der Waals surface area contributed by atoms with Gasteiger partial charge in [0.05, 0.1) is 10.9 Å². The molecule has 1 aromatic rings. The number of hydrogen-bond acceptors (Lipinski definition) is 3. The Morgan fingerprint density at radius 3 is 2.33 bits per heavy atom. The van der Waals surface area contributed by atoms with Gasteiger partial charge >= 0.3 is 0 Å². The number of rotatable bonds is 5. The van der Waals surface area contributed by atoms with Crippen molar-refractivity contribution in [1.82, 2.24) is 9.62 Å². The van der Waals surface area contributed by atoms with Gasteiger partial charge in [-0.15, -0.1) is 0 Å². The molecule has 1 fully saturated rings. The second-order valence-corrected chi connectivity index (χ2v) is 7.09. The van der Waals surface area contributed by atoms with Crippen molar-refractivity contribution in [3.05, 3.63) is 29.8 Å². The molecule has 2 rings (SSSR count). The van der Waals surface area contributed by atoms with E-state index in [-0.39, 0.29) is 10.8 Å². The highest BCUT2D eigenvalue weighted by atomic mass is 32.2. The number of likely N-dealkylation sites (tertiary alicyclic amines) is 1. The minimum absolute atomic E-state index is 0.152. The van der Waals surface area contributed by atoms with Crippen LogP contribution in [0.3, 0.4) is 0 Å². The van der Waals surface area contributed by atoms with E-state index < -0.39 is 16.1 Å². The number of hydrogen-bond donors (Lipinski definition) is 1. The number of aryl methyl sites for hydroxylation is 1. The van der Waals surface area contributed by atoms with E-state index in [0.29, 0.717) is 0 Å². The summed E-state index contributed by atoms with van der Waals surface area (Å²) in [6.45, 7) is 5.04. The normalized spacial score (nSPS) is 17.0. The number of amides is 1. The van der Waals surface area contributed by atoms with Crippen LogP contribution >= 0.6 is 0 Å². The lowest BCUT2D eigenvalue weighted by Crippen LogP contribution is -2.45. The summed E-state index contributed by atoms with van der Waals surface area (Å²) >= 11 is 0. The number of nitrogens with zero attached hydrogens (tertiary/aromatic N) is 1. The van der Waals surface area contributed by atoms with Crippen molar-refractivity contribution in [3.63, 3.8) is 0 Å². The highest BCUT2D eigenvalue weighted by molar-refractivity contribution is 7.89. The summed E-state index contributed by atoms with van der Waals surface area (Å²) in [6, 6.07) is 6.00. The molecule has 0 radical (unpaired) electrons. The van der Waals surface area contributed by atoms with Crippen molar-refractivity contribution in [3.8, 4) is 0 Å². The average Bonchev–Trinajstić information content (AvgIpc) is 3.00. The van der Waals surface area contributed by atoms with Crippen molar-refractivity contribution in [2.24, 2.45) is 0 Å². The molecule has 0 bridgehead atoms. The molecule has 1 aliphatic rings. The molecule has 1 aromatic carbocycles. The number of sulfonamides is 1. The largest absolute Gasteiger partial charge is 0.341 e. The first-order valence-corrected chi connectivity index (χ1v) is 8.82. The second kappa shape index (κ2) is 6.58. The Morgan fingerprint density at radius 2 is 1.81 bits per heavy atom. The summed E-state index contributed by atoms with van der Waals surface area (Å²) in [5.41, 5.74) is 1.08. The second-order valence-electron chi connectivity index (χ2n) is 5.37. The van der Waals surface area contributed by atoms with E-state index in [1.165, 1.54) is 0 Å². The van der Waals surface area contributed by atoms with E-state index in [2.05, 4.69) is 4.72 Å². The van der Waals surface area contributed by atoms with Gasteiger partial charge in [-0.05, 0) is 43.9 Å². The Labute approximate surface area is 126 Å². The number of carbonyl (C=O) groups is 1. The highest BCUT2D eigenvalue weighted by Gasteiger charge is 2.27. The van der Waals surface area contributed by atoms with Crippen molar-refractivity contribution < 1.29 is 13.2 Å². The Morgan fingerprint density at radius 1 is 1.24 bits per heavy atom. The molecule has 0 spiro atoms. The Balaban J connectivity index is 2.06. The topological polar surface area (TPSA) is 66.5 Å². The van der Waals surface area contributed by atoms with E-state index in [9.17, 15) is 13.2 Å². The molecule has 21 heavy (non-hydrogen) atoms. The molecule has 116 valence electrons. The fourth-order valence-corrected chi connectivity index (χ4v) is 3.66. The van der Waals surface area contributed by atoms with Gasteiger partial charge in [-0.25, -0.2) is 8.42 Å². The third kappa shape index (κ3) is 3.83. The summed E-state index contributed by atoms with van der Waals surface area (Å²) in [5, 5.41) is 0. The third-order valence-electron chi connectivity index (χ3n) is 3.76. The van der Waals surface area contributed by atoms with Gasteiger partial charge in [-0.2, -0.15) is 4.72 Å². The smallest absolute Gasteiger partial charge is 0.241 e. The van der Waals surface area contributed by atoms with Crippen molar-refractivity contribution in [2.45, 2.75) is 44.0 Å². The van der Waals surface area contributed by atoms with Gasteiger partial charge in [0.25, 0.3) is 0 Å². The van der Waals surface area contributed by atoms with Gasteiger partial charge in [0.15, 0.2) is 0 Å². The molecule has 1 unspecified atom stereocenters. The Hall–Kier alpha value is -1.40. The lowest BCUT2D eigenvalue weighted by molar-refractivity contribution is -0.131. The summed E-state index contributed by atoms with van der Waals surface area (Å²) in [6.07, 6.45) is 2.84. The van der Waals surface area contributed by atoms with E-state index in [1.54, 1.807) is 36.1 Å². The van der Waals surface area contributed by atoms with Crippen LogP contribution in [0.1, 0.15) is 32.3 Å². The molecule has 1 heterocycles. The standard InChI is InChI=1S/C15H22N2O3S/c1-3-13-6-8-14(9-7-13)21(19,20)16-12(2)15(18)17-10-4-5-11-17/h6-9,12,16H,3-5,10-11H2,1-2H3. The minimum atomic E-state index is -3.66. The molecule has 5 nitrogen and oxygen atoms in total. The number of benzene rings is 1. The summed E-state index contributed by atoms with van der Waals surface area (Å²) in [4.78, 5) is 14.1. The maximum Gasteiger partial charge on any atom is 0.241 e. The molecule has 6 heteroatoms. The van der Waals surface area contributed by atoms with E-state index >= 15 is 0 Å².